The molecule has 0 aromatic heterocycles. The second-order valence-electron chi connectivity index (χ2n) is 5.66. The molecule has 0 saturated carbocycles. The van der Waals surface area contributed by atoms with E-state index in [2.05, 4.69) is 10.6 Å². The average molecular weight is 379 g/mol. The molecule has 1 N–H and O–H groups in total. The first kappa shape index (κ1) is 19.8. The number of sulfonamides is 1. The average Bonchev–Trinajstić information content (AvgIpc) is 2.91. The van der Waals surface area contributed by atoms with Gasteiger partial charge >= 0.3 is 6.09 Å². The molecule has 0 atom stereocenters. The fourth-order valence-electron chi connectivity index (χ4n) is 2.63. The molecule has 0 spiro atoms. The van der Waals surface area contributed by atoms with Crippen LogP contribution in [0.4, 0.5) is 4.79 Å². The van der Waals surface area contributed by atoms with Crippen molar-refractivity contribution < 1.29 is 22.7 Å². The molecule has 0 radical (unpaired) electrons. The Morgan fingerprint density at radius 1 is 1.23 bits per heavy atom. The van der Waals surface area contributed by atoms with Gasteiger partial charge < -0.3 is 14.5 Å². The summed E-state index contributed by atoms with van der Waals surface area (Å²) in [7, 11) is -2.46. The molecule has 2 amide bonds. The molecule has 1 aliphatic heterocycles. The SMILES string of the molecule is C#CCNS(=O)(=O)c1cccc(C(=O)N2CCCN(C(=O)OC)CC2)c1. The van der Waals surface area contributed by atoms with E-state index in [9.17, 15) is 18.0 Å². The van der Waals surface area contributed by atoms with Crippen molar-refractivity contribution in [1.29, 1.82) is 0 Å². The summed E-state index contributed by atoms with van der Waals surface area (Å²) >= 11 is 0. The van der Waals surface area contributed by atoms with Gasteiger partial charge in [-0.1, -0.05) is 12.0 Å². The lowest BCUT2D eigenvalue weighted by Gasteiger charge is -2.21. The van der Waals surface area contributed by atoms with Gasteiger partial charge in [0.1, 0.15) is 0 Å². The Bertz CT molecular complexity index is 816. The Hall–Kier alpha value is -2.57. The summed E-state index contributed by atoms with van der Waals surface area (Å²) in [5, 5.41) is 0. The quantitative estimate of drug-likeness (QED) is 0.769. The topological polar surface area (TPSA) is 96.0 Å². The maximum atomic E-state index is 12.7. The summed E-state index contributed by atoms with van der Waals surface area (Å²) in [5.41, 5.74) is 0.264. The van der Waals surface area contributed by atoms with Crippen molar-refractivity contribution in [2.45, 2.75) is 11.3 Å². The van der Waals surface area contributed by atoms with Gasteiger partial charge in [0.2, 0.25) is 10.0 Å². The lowest BCUT2D eigenvalue weighted by molar-refractivity contribution is 0.0757. The molecule has 0 bridgehead atoms. The van der Waals surface area contributed by atoms with Gasteiger partial charge in [-0.05, 0) is 24.6 Å². The normalized spacial score (nSPS) is 15.1. The molecular formula is C17H21N3O5S. The number of nitrogens with one attached hydrogen (secondary N) is 1. The summed E-state index contributed by atoms with van der Waals surface area (Å²) < 4.78 is 31.3. The first-order valence-corrected chi connectivity index (χ1v) is 9.52. The summed E-state index contributed by atoms with van der Waals surface area (Å²) in [6, 6.07) is 5.79. The molecule has 8 nitrogen and oxygen atoms in total. The first-order chi connectivity index (χ1) is 12.4. The van der Waals surface area contributed by atoms with E-state index in [-0.39, 0.29) is 22.9 Å². The van der Waals surface area contributed by atoms with Crippen LogP contribution in [0, 0.1) is 12.3 Å². The van der Waals surface area contributed by atoms with Gasteiger partial charge in [-0.15, -0.1) is 6.42 Å². The van der Waals surface area contributed by atoms with E-state index in [1.165, 1.54) is 30.2 Å². The van der Waals surface area contributed by atoms with Crippen LogP contribution >= 0.6 is 0 Å². The fraction of sp³-hybridized carbons (Fsp3) is 0.412. The number of carbonyl (C=O) groups excluding carboxylic acids is 2. The Labute approximate surface area is 153 Å². The van der Waals surface area contributed by atoms with Crippen molar-refractivity contribution in [2.24, 2.45) is 0 Å². The second kappa shape index (κ2) is 8.69. The molecule has 1 saturated heterocycles. The van der Waals surface area contributed by atoms with E-state index in [1.807, 2.05) is 0 Å². The predicted octanol–water partition coefficient (Wildman–Crippen LogP) is 0.512. The zero-order chi connectivity index (χ0) is 19.2. The molecule has 1 heterocycles. The zero-order valence-electron chi connectivity index (χ0n) is 14.5. The Balaban J connectivity index is 2.14. The first-order valence-electron chi connectivity index (χ1n) is 8.04. The smallest absolute Gasteiger partial charge is 0.409 e. The number of methoxy groups -OCH3 is 1. The molecule has 1 aromatic carbocycles. The Kier molecular flexibility index (Phi) is 6.60. The monoisotopic (exact) mass is 379 g/mol. The molecule has 9 heteroatoms. The van der Waals surface area contributed by atoms with Crippen LogP contribution in [0.25, 0.3) is 0 Å². The van der Waals surface area contributed by atoms with Crippen molar-refractivity contribution in [3.63, 3.8) is 0 Å². The minimum absolute atomic E-state index is 0.0235. The van der Waals surface area contributed by atoms with Crippen LogP contribution in [0.5, 0.6) is 0 Å². The number of hydrogen-bond donors (Lipinski definition) is 1. The summed E-state index contributed by atoms with van der Waals surface area (Å²) in [4.78, 5) is 27.5. The van der Waals surface area contributed by atoms with Gasteiger partial charge in [-0.2, -0.15) is 4.72 Å². The molecule has 0 aliphatic carbocycles. The molecular weight excluding hydrogens is 358 g/mol. The van der Waals surface area contributed by atoms with Gasteiger partial charge in [-0.25, -0.2) is 13.2 Å². The van der Waals surface area contributed by atoms with Crippen LogP contribution in [0.1, 0.15) is 16.8 Å². The Morgan fingerprint density at radius 3 is 2.62 bits per heavy atom. The summed E-state index contributed by atoms with van der Waals surface area (Å²) in [6.07, 6.45) is 5.26. The van der Waals surface area contributed by atoms with Gasteiger partial charge in [0.15, 0.2) is 0 Å². The zero-order valence-corrected chi connectivity index (χ0v) is 15.3. The molecule has 1 fully saturated rings. The lowest BCUT2D eigenvalue weighted by Crippen LogP contribution is -2.37. The maximum absolute atomic E-state index is 12.7. The molecule has 26 heavy (non-hydrogen) atoms. The van der Waals surface area contributed by atoms with Crippen LogP contribution in [-0.4, -0.2) is 70.1 Å². The minimum atomic E-state index is -3.77. The highest BCUT2D eigenvalue weighted by Crippen LogP contribution is 2.15. The minimum Gasteiger partial charge on any atom is -0.453 e. The van der Waals surface area contributed by atoms with Gasteiger partial charge in [0.05, 0.1) is 18.6 Å². The number of terminal acetylenes is 1. The van der Waals surface area contributed by atoms with Crippen LogP contribution < -0.4 is 4.72 Å². The third-order valence-electron chi connectivity index (χ3n) is 3.97. The molecule has 1 aliphatic rings. The van der Waals surface area contributed by atoms with Crippen molar-refractivity contribution in [3.8, 4) is 12.3 Å². The van der Waals surface area contributed by atoms with Gasteiger partial charge in [0.25, 0.3) is 5.91 Å². The number of ether oxygens (including phenoxy) is 1. The highest BCUT2D eigenvalue weighted by Gasteiger charge is 2.24. The number of hydrogen-bond acceptors (Lipinski definition) is 5. The third kappa shape index (κ3) is 4.74. The standard InChI is InChI=1S/C17H21N3O5S/c1-3-8-18-26(23,24)15-7-4-6-14(13-15)16(21)19-9-5-10-20(12-11-19)17(22)25-2/h1,4,6-7,13,18H,5,8-12H2,2H3. The fourth-order valence-corrected chi connectivity index (χ4v) is 3.61. The highest BCUT2D eigenvalue weighted by atomic mass is 32.2. The number of nitrogens with zero attached hydrogens (tertiary/aromatic N) is 2. The molecule has 140 valence electrons. The van der Waals surface area contributed by atoms with Crippen LogP contribution in [0.3, 0.4) is 0 Å². The Morgan fingerprint density at radius 2 is 1.92 bits per heavy atom. The predicted molar refractivity (Wildman–Crippen MR) is 95.0 cm³/mol. The molecule has 2 rings (SSSR count). The largest absolute Gasteiger partial charge is 0.453 e. The lowest BCUT2D eigenvalue weighted by atomic mass is 10.2. The number of benzene rings is 1. The van der Waals surface area contributed by atoms with E-state index in [0.717, 1.165) is 0 Å². The maximum Gasteiger partial charge on any atom is 0.409 e. The summed E-state index contributed by atoms with van der Waals surface area (Å²) in [5.74, 6) is 1.91. The van der Waals surface area contributed by atoms with E-state index >= 15 is 0 Å². The highest BCUT2D eigenvalue weighted by molar-refractivity contribution is 7.89. The van der Waals surface area contributed by atoms with E-state index in [1.54, 1.807) is 11.0 Å². The van der Waals surface area contributed by atoms with E-state index in [4.69, 9.17) is 11.2 Å². The second-order valence-corrected chi connectivity index (χ2v) is 7.43. The van der Waals surface area contributed by atoms with Crippen LogP contribution in [0.15, 0.2) is 29.2 Å². The third-order valence-corrected chi connectivity index (χ3v) is 5.37. The number of amides is 2. The summed E-state index contributed by atoms with van der Waals surface area (Å²) in [6.45, 7) is 1.55. The molecule has 0 unspecified atom stereocenters. The van der Waals surface area contributed by atoms with Crippen LogP contribution in [0.2, 0.25) is 0 Å². The number of rotatable bonds is 4. The van der Waals surface area contributed by atoms with E-state index in [0.29, 0.717) is 32.6 Å². The van der Waals surface area contributed by atoms with Crippen molar-refractivity contribution in [2.75, 3.05) is 39.8 Å². The van der Waals surface area contributed by atoms with E-state index < -0.39 is 16.1 Å². The van der Waals surface area contributed by atoms with Crippen molar-refractivity contribution >= 4 is 22.0 Å². The number of carbonyl (C=O) groups is 2. The van der Waals surface area contributed by atoms with Crippen LogP contribution in [-0.2, 0) is 14.8 Å². The van der Waals surface area contributed by atoms with Crippen molar-refractivity contribution in [3.05, 3.63) is 29.8 Å². The molecule has 1 aromatic rings. The van der Waals surface area contributed by atoms with Gasteiger partial charge in [0, 0.05) is 31.7 Å². The van der Waals surface area contributed by atoms with Gasteiger partial charge in [-0.3, -0.25) is 4.79 Å². The van der Waals surface area contributed by atoms with Crippen molar-refractivity contribution in [1.82, 2.24) is 14.5 Å².